The zero-order chi connectivity index (χ0) is 15.0. The second-order valence-electron chi connectivity index (χ2n) is 5.94. The molecule has 0 amide bonds. The summed E-state index contributed by atoms with van der Waals surface area (Å²) in [5.41, 5.74) is 2.50. The van der Waals surface area contributed by atoms with Crippen molar-refractivity contribution < 1.29 is 0 Å². The molecule has 1 aliphatic carbocycles. The highest BCUT2D eigenvalue weighted by Gasteiger charge is 2.33. The Kier molecular flexibility index (Phi) is 4.34. The molecule has 4 heteroatoms. The van der Waals surface area contributed by atoms with Gasteiger partial charge in [0, 0.05) is 22.0 Å². The van der Waals surface area contributed by atoms with Crippen molar-refractivity contribution >= 4 is 22.9 Å². The van der Waals surface area contributed by atoms with Gasteiger partial charge in [-0.1, -0.05) is 23.7 Å². The number of thiazole rings is 1. The van der Waals surface area contributed by atoms with E-state index < -0.39 is 0 Å². The van der Waals surface area contributed by atoms with E-state index in [4.69, 9.17) is 11.6 Å². The van der Waals surface area contributed by atoms with Crippen LogP contribution in [0.25, 0.3) is 0 Å². The van der Waals surface area contributed by atoms with Crippen LogP contribution in [-0.4, -0.2) is 4.98 Å². The number of hydrogen-bond acceptors (Lipinski definition) is 3. The molecule has 0 bridgehead atoms. The van der Waals surface area contributed by atoms with Crippen molar-refractivity contribution in [3.8, 4) is 0 Å². The molecule has 1 fully saturated rings. The Morgan fingerprint density at radius 3 is 2.43 bits per heavy atom. The van der Waals surface area contributed by atoms with Crippen molar-refractivity contribution in [2.24, 2.45) is 5.92 Å². The van der Waals surface area contributed by atoms with Gasteiger partial charge in [0.15, 0.2) is 0 Å². The molecule has 0 spiro atoms. The second-order valence-corrected chi connectivity index (χ2v) is 7.61. The van der Waals surface area contributed by atoms with Gasteiger partial charge in [-0.15, -0.1) is 11.3 Å². The second kappa shape index (κ2) is 6.07. The fourth-order valence-electron chi connectivity index (χ4n) is 2.90. The predicted molar refractivity (Wildman–Crippen MR) is 90.1 cm³/mol. The van der Waals surface area contributed by atoms with Crippen LogP contribution in [-0.2, 0) is 0 Å². The van der Waals surface area contributed by atoms with Crippen molar-refractivity contribution in [2.75, 3.05) is 0 Å². The summed E-state index contributed by atoms with van der Waals surface area (Å²) in [5.74, 6) is 0.753. The zero-order valence-electron chi connectivity index (χ0n) is 12.7. The number of rotatable bonds is 5. The van der Waals surface area contributed by atoms with Crippen LogP contribution in [0.15, 0.2) is 24.3 Å². The fourth-order valence-corrected chi connectivity index (χ4v) is 3.96. The molecule has 112 valence electrons. The van der Waals surface area contributed by atoms with Crippen molar-refractivity contribution in [1.82, 2.24) is 10.3 Å². The maximum absolute atomic E-state index is 6.01. The van der Waals surface area contributed by atoms with Crippen molar-refractivity contribution in [1.29, 1.82) is 0 Å². The minimum atomic E-state index is 0.331. The van der Waals surface area contributed by atoms with Crippen LogP contribution in [0.4, 0.5) is 0 Å². The highest BCUT2D eigenvalue weighted by Crippen LogP contribution is 2.42. The summed E-state index contributed by atoms with van der Waals surface area (Å²) in [4.78, 5) is 5.90. The van der Waals surface area contributed by atoms with Gasteiger partial charge in [0.05, 0.1) is 10.7 Å². The lowest BCUT2D eigenvalue weighted by Gasteiger charge is -2.23. The molecule has 1 saturated carbocycles. The molecule has 1 heterocycles. The van der Waals surface area contributed by atoms with Crippen molar-refractivity contribution in [3.05, 3.63) is 50.4 Å². The van der Waals surface area contributed by atoms with E-state index in [2.05, 4.69) is 43.2 Å². The topological polar surface area (TPSA) is 24.9 Å². The number of hydrogen-bond donors (Lipinski definition) is 1. The van der Waals surface area contributed by atoms with Gasteiger partial charge in [-0.05, 0) is 57.2 Å². The highest BCUT2D eigenvalue weighted by molar-refractivity contribution is 7.11. The average Bonchev–Trinajstić information content (AvgIpc) is 3.22. The maximum Gasteiger partial charge on any atom is 0.0900 e. The van der Waals surface area contributed by atoms with Gasteiger partial charge >= 0.3 is 0 Å². The Balaban J connectivity index is 1.79. The third-order valence-electron chi connectivity index (χ3n) is 4.08. The largest absolute Gasteiger partial charge is 0.302 e. The summed E-state index contributed by atoms with van der Waals surface area (Å²) in [6.45, 7) is 6.42. The fraction of sp³-hybridized carbons (Fsp3) is 0.471. The highest BCUT2D eigenvalue weighted by atomic mass is 35.5. The molecule has 2 nitrogen and oxygen atoms in total. The monoisotopic (exact) mass is 320 g/mol. The Hall–Kier alpha value is -0.900. The number of halogens is 1. The Bertz CT molecular complexity index is 616. The third-order valence-corrected chi connectivity index (χ3v) is 5.59. The van der Waals surface area contributed by atoms with Crippen LogP contribution >= 0.6 is 22.9 Å². The summed E-state index contributed by atoms with van der Waals surface area (Å²) < 4.78 is 0. The van der Waals surface area contributed by atoms with Crippen LogP contribution in [0, 0.1) is 19.8 Å². The maximum atomic E-state index is 6.01. The summed E-state index contributed by atoms with van der Waals surface area (Å²) in [6, 6.07) is 9.02. The summed E-state index contributed by atoms with van der Waals surface area (Å²) >= 11 is 7.81. The quantitative estimate of drug-likeness (QED) is 0.817. The molecular formula is C17H21ClN2S. The molecule has 2 unspecified atom stereocenters. The minimum Gasteiger partial charge on any atom is -0.302 e. The SMILES string of the molecule is Cc1nc(C)c(C(C)NC(c2ccc(Cl)cc2)C2CC2)s1. The lowest BCUT2D eigenvalue weighted by atomic mass is 10.0. The summed E-state index contributed by atoms with van der Waals surface area (Å²) in [6.07, 6.45) is 2.63. The van der Waals surface area contributed by atoms with E-state index >= 15 is 0 Å². The van der Waals surface area contributed by atoms with Crippen LogP contribution < -0.4 is 5.32 Å². The van der Waals surface area contributed by atoms with Crippen LogP contribution in [0.3, 0.4) is 0 Å². The van der Waals surface area contributed by atoms with E-state index in [1.807, 2.05) is 12.1 Å². The first kappa shape index (κ1) is 15.0. The van der Waals surface area contributed by atoms with E-state index in [-0.39, 0.29) is 0 Å². The number of nitrogens with zero attached hydrogens (tertiary/aromatic N) is 1. The Morgan fingerprint density at radius 1 is 1.24 bits per heavy atom. The Morgan fingerprint density at radius 2 is 1.90 bits per heavy atom. The van der Waals surface area contributed by atoms with Gasteiger partial charge in [0.1, 0.15) is 0 Å². The molecule has 2 aromatic rings. The number of benzene rings is 1. The van der Waals surface area contributed by atoms with Gasteiger partial charge in [-0.2, -0.15) is 0 Å². The van der Waals surface area contributed by atoms with Gasteiger partial charge in [0.25, 0.3) is 0 Å². The normalized spacial score (nSPS) is 17.7. The van der Waals surface area contributed by atoms with Gasteiger partial charge in [-0.3, -0.25) is 0 Å². The van der Waals surface area contributed by atoms with E-state index in [9.17, 15) is 0 Å². The molecule has 0 aliphatic heterocycles. The molecule has 1 N–H and O–H groups in total. The number of nitrogens with one attached hydrogen (secondary N) is 1. The standard InChI is InChI=1S/C17H21ClN2S/c1-10-17(21-12(3)19-10)11(2)20-16(13-4-5-13)14-6-8-15(18)9-7-14/h6-9,11,13,16,20H,4-5H2,1-3H3. The molecular weight excluding hydrogens is 300 g/mol. The van der Waals surface area contributed by atoms with Crippen molar-refractivity contribution in [2.45, 2.75) is 45.7 Å². The van der Waals surface area contributed by atoms with Gasteiger partial charge < -0.3 is 5.32 Å². The number of aromatic nitrogens is 1. The first-order valence-corrected chi connectivity index (χ1v) is 8.69. The molecule has 3 rings (SSSR count). The molecule has 0 radical (unpaired) electrons. The molecule has 1 aromatic heterocycles. The molecule has 1 aliphatic rings. The third kappa shape index (κ3) is 3.47. The van der Waals surface area contributed by atoms with E-state index in [0.717, 1.165) is 21.6 Å². The Labute approximate surface area is 135 Å². The summed E-state index contributed by atoms with van der Waals surface area (Å²) in [7, 11) is 0. The summed E-state index contributed by atoms with van der Waals surface area (Å²) in [5, 5.41) is 5.76. The molecule has 21 heavy (non-hydrogen) atoms. The van der Waals surface area contributed by atoms with Gasteiger partial charge in [-0.25, -0.2) is 4.98 Å². The lowest BCUT2D eigenvalue weighted by molar-refractivity contribution is 0.430. The van der Waals surface area contributed by atoms with E-state index in [1.54, 1.807) is 11.3 Å². The van der Waals surface area contributed by atoms with Crippen LogP contribution in [0.5, 0.6) is 0 Å². The van der Waals surface area contributed by atoms with Crippen LogP contribution in [0.2, 0.25) is 5.02 Å². The smallest absolute Gasteiger partial charge is 0.0900 e. The minimum absolute atomic E-state index is 0.331. The predicted octanol–water partition coefficient (Wildman–Crippen LogP) is 5.22. The van der Waals surface area contributed by atoms with Crippen LogP contribution in [0.1, 0.15) is 53.0 Å². The average molecular weight is 321 g/mol. The van der Waals surface area contributed by atoms with Gasteiger partial charge in [0.2, 0.25) is 0 Å². The zero-order valence-corrected chi connectivity index (χ0v) is 14.3. The molecule has 2 atom stereocenters. The first-order valence-electron chi connectivity index (χ1n) is 7.50. The number of aryl methyl sites for hydroxylation is 2. The first-order chi connectivity index (χ1) is 10.0. The molecule has 1 aromatic carbocycles. The lowest BCUT2D eigenvalue weighted by Crippen LogP contribution is -2.26. The van der Waals surface area contributed by atoms with Crippen molar-refractivity contribution in [3.63, 3.8) is 0 Å². The molecule has 0 saturated heterocycles. The van der Waals surface area contributed by atoms with E-state index in [0.29, 0.717) is 12.1 Å². The van der Waals surface area contributed by atoms with E-state index in [1.165, 1.54) is 23.3 Å².